The standard InChI is InChI=1S/C16H23N3O4S/c1-3-23-15-10-8-14(9-11-15)19(24(2,21)22)12-16(20)18-17-13-6-4-5-7-13/h8-11H,3-7,12H2,1-2H3,(H,18,20). The van der Waals surface area contributed by atoms with Gasteiger partial charge in [0.25, 0.3) is 5.91 Å². The molecule has 8 heteroatoms. The fourth-order valence-corrected chi connectivity index (χ4v) is 3.33. The third-order valence-corrected chi connectivity index (χ3v) is 4.78. The largest absolute Gasteiger partial charge is 0.494 e. The van der Waals surface area contributed by atoms with Crippen LogP contribution in [0.4, 0.5) is 5.69 Å². The monoisotopic (exact) mass is 353 g/mol. The summed E-state index contributed by atoms with van der Waals surface area (Å²) in [7, 11) is -3.59. The molecule has 1 fully saturated rings. The van der Waals surface area contributed by atoms with Gasteiger partial charge in [-0.2, -0.15) is 5.10 Å². The van der Waals surface area contributed by atoms with Gasteiger partial charge in [-0.05, 0) is 56.9 Å². The van der Waals surface area contributed by atoms with E-state index >= 15 is 0 Å². The minimum absolute atomic E-state index is 0.316. The second-order valence-corrected chi connectivity index (χ2v) is 7.52. The molecular formula is C16H23N3O4S. The van der Waals surface area contributed by atoms with Crippen molar-refractivity contribution in [3.8, 4) is 5.75 Å². The van der Waals surface area contributed by atoms with E-state index in [-0.39, 0.29) is 6.54 Å². The lowest BCUT2D eigenvalue weighted by Gasteiger charge is -2.21. The molecule has 0 aliphatic heterocycles. The maximum absolute atomic E-state index is 12.1. The number of rotatable bonds is 7. The van der Waals surface area contributed by atoms with Crippen molar-refractivity contribution in [2.45, 2.75) is 32.6 Å². The van der Waals surface area contributed by atoms with Gasteiger partial charge < -0.3 is 4.74 Å². The maximum atomic E-state index is 12.1. The summed E-state index contributed by atoms with van der Waals surface area (Å²) in [5, 5.41) is 4.07. The summed E-state index contributed by atoms with van der Waals surface area (Å²) < 4.78 is 30.4. The highest BCUT2D eigenvalue weighted by molar-refractivity contribution is 7.92. The molecule has 0 aromatic heterocycles. The van der Waals surface area contributed by atoms with E-state index in [0.29, 0.717) is 18.0 Å². The van der Waals surface area contributed by atoms with Gasteiger partial charge in [0.1, 0.15) is 12.3 Å². The molecule has 2 rings (SSSR count). The van der Waals surface area contributed by atoms with E-state index < -0.39 is 15.9 Å². The molecule has 132 valence electrons. The van der Waals surface area contributed by atoms with Crippen molar-refractivity contribution in [1.29, 1.82) is 0 Å². The van der Waals surface area contributed by atoms with E-state index in [4.69, 9.17) is 4.74 Å². The first kappa shape index (κ1) is 18.3. The Bertz CT molecular complexity index is 691. The molecule has 24 heavy (non-hydrogen) atoms. The topological polar surface area (TPSA) is 88.1 Å². The molecule has 1 aliphatic carbocycles. The molecule has 0 spiro atoms. The van der Waals surface area contributed by atoms with E-state index in [2.05, 4.69) is 10.5 Å². The van der Waals surface area contributed by atoms with Crippen molar-refractivity contribution >= 4 is 27.3 Å². The number of anilines is 1. The van der Waals surface area contributed by atoms with Crippen LogP contribution in [0, 0.1) is 0 Å². The minimum Gasteiger partial charge on any atom is -0.494 e. The Morgan fingerprint density at radius 2 is 1.88 bits per heavy atom. The second-order valence-electron chi connectivity index (χ2n) is 5.62. The van der Waals surface area contributed by atoms with Gasteiger partial charge in [0.05, 0.1) is 18.6 Å². The number of amides is 1. The molecule has 1 N–H and O–H groups in total. The van der Waals surface area contributed by atoms with Crippen LogP contribution in [-0.2, 0) is 14.8 Å². The quantitative estimate of drug-likeness (QED) is 0.758. The number of carbonyl (C=O) groups excluding carboxylic acids is 1. The molecule has 1 aromatic carbocycles. The van der Waals surface area contributed by atoms with Gasteiger partial charge in [-0.3, -0.25) is 9.10 Å². The summed E-state index contributed by atoms with van der Waals surface area (Å²) in [4.78, 5) is 12.1. The van der Waals surface area contributed by atoms with E-state index in [1.165, 1.54) is 0 Å². The van der Waals surface area contributed by atoms with Crippen LogP contribution in [0.3, 0.4) is 0 Å². The van der Waals surface area contributed by atoms with Crippen LogP contribution in [0.15, 0.2) is 29.4 Å². The highest BCUT2D eigenvalue weighted by Crippen LogP contribution is 2.21. The van der Waals surface area contributed by atoms with Crippen LogP contribution >= 0.6 is 0 Å². The first-order chi connectivity index (χ1) is 11.4. The van der Waals surface area contributed by atoms with Gasteiger partial charge in [-0.25, -0.2) is 13.8 Å². The average molecular weight is 353 g/mol. The molecule has 1 aromatic rings. The predicted molar refractivity (Wildman–Crippen MR) is 93.8 cm³/mol. The van der Waals surface area contributed by atoms with Crippen LogP contribution in [0.2, 0.25) is 0 Å². The number of carbonyl (C=O) groups is 1. The maximum Gasteiger partial charge on any atom is 0.260 e. The lowest BCUT2D eigenvalue weighted by atomic mass is 10.3. The number of hydrogen-bond acceptors (Lipinski definition) is 5. The number of sulfonamides is 1. The third kappa shape index (κ3) is 5.23. The van der Waals surface area contributed by atoms with Gasteiger partial charge in [0, 0.05) is 5.71 Å². The predicted octanol–water partition coefficient (Wildman–Crippen LogP) is 1.90. The molecular weight excluding hydrogens is 330 g/mol. The fourth-order valence-electron chi connectivity index (χ4n) is 2.48. The normalized spacial score (nSPS) is 14.3. The number of nitrogens with zero attached hydrogens (tertiary/aromatic N) is 2. The van der Waals surface area contributed by atoms with Crippen molar-refractivity contribution in [1.82, 2.24) is 5.43 Å². The highest BCUT2D eigenvalue weighted by atomic mass is 32.2. The van der Waals surface area contributed by atoms with Gasteiger partial charge in [-0.1, -0.05) is 0 Å². The Balaban J connectivity index is 2.08. The van der Waals surface area contributed by atoms with Crippen molar-refractivity contribution in [2.75, 3.05) is 23.7 Å². The number of nitrogens with one attached hydrogen (secondary N) is 1. The molecule has 1 aliphatic rings. The van der Waals surface area contributed by atoms with Crippen LogP contribution in [0.1, 0.15) is 32.6 Å². The summed E-state index contributed by atoms with van der Waals surface area (Å²) >= 11 is 0. The van der Waals surface area contributed by atoms with Crippen molar-refractivity contribution in [3.63, 3.8) is 0 Å². The lowest BCUT2D eigenvalue weighted by molar-refractivity contribution is -0.119. The number of benzene rings is 1. The number of ether oxygens (including phenoxy) is 1. The summed E-state index contributed by atoms with van der Waals surface area (Å²) in [6.45, 7) is 2.08. The Morgan fingerprint density at radius 1 is 1.25 bits per heavy atom. The molecule has 0 unspecified atom stereocenters. The number of hydrogen-bond donors (Lipinski definition) is 1. The molecule has 0 heterocycles. The van der Waals surface area contributed by atoms with Crippen LogP contribution in [0.25, 0.3) is 0 Å². The zero-order valence-corrected chi connectivity index (χ0v) is 14.8. The van der Waals surface area contributed by atoms with Crippen molar-refractivity contribution < 1.29 is 17.9 Å². The smallest absolute Gasteiger partial charge is 0.260 e. The molecule has 1 amide bonds. The average Bonchev–Trinajstić information content (AvgIpc) is 3.04. The first-order valence-corrected chi connectivity index (χ1v) is 9.80. The summed E-state index contributed by atoms with van der Waals surface area (Å²) in [5.41, 5.74) is 3.81. The summed E-state index contributed by atoms with van der Waals surface area (Å²) in [6.07, 6.45) is 5.00. The minimum atomic E-state index is -3.59. The molecule has 0 saturated heterocycles. The highest BCUT2D eigenvalue weighted by Gasteiger charge is 2.21. The fraction of sp³-hybridized carbons (Fsp3) is 0.500. The zero-order valence-electron chi connectivity index (χ0n) is 14.0. The summed E-state index contributed by atoms with van der Waals surface area (Å²) in [5.74, 6) is 0.181. The lowest BCUT2D eigenvalue weighted by Crippen LogP contribution is -2.39. The Kier molecular flexibility index (Phi) is 6.19. The van der Waals surface area contributed by atoms with E-state index in [1.807, 2.05) is 6.92 Å². The molecule has 0 bridgehead atoms. The van der Waals surface area contributed by atoms with Crippen molar-refractivity contribution in [3.05, 3.63) is 24.3 Å². The van der Waals surface area contributed by atoms with Crippen LogP contribution < -0.4 is 14.5 Å². The Morgan fingerprint density at radius 3 is 2.42 bits per heavy atom. The second kappa shape index (κ2) is 8.14. The molecule has 0 atom stereocenters. The zero-order chi connectivity index (χ0) is 17.6. The Labute approximate surface area is 142 Å². The van der Waals surface area contributed by atoms with Gasteiger partial charge >= 0.3 is 0 Å². The van der Waals surface area contributed by atoms with E-state index in [1.54, 1.807) is 24.3 Å². The van der Waals surface area contributed by atoms with Gasteiger partial charge in [0.2, 0.25) is 10.0 Å². The molecule has 1 saturated carbocycles. The van der Waals surface area contributed by atoms with Gasteiger partial charge in [-0.15, -0.1) is 0 Å². The number of hydrazone groups is 1. The van der Waals surface area contributed by atoms with Crippen LogP contribution in [0.5, 0.6) is 5.75 Å². The van der Waals surface area contributed by atoms with E-state index in [0.717, 1.165) is 42.0 Å². The first-order valence-electron chi connectivity index (χ1n) is 7.95. The molecule has 7 nitrogen and oxygen atoms in total. The van der Waals surface area contributed by atoms with Crippen molar-refractivity contribution in [2.24, 2.45) is 5.10 Å². The molecule has 0 radical (unpaired) electrons. The Hall–Kier alpha value is -2.09. The summed E-state index contributed by atoms with van der Waals surface area (Å²) in [6, 6.07) is 6.58. The van der Waals surface area contributed by atoms with Gasteiger partial charge in [0.15, 0.2) is 0 Å². The van der Waals surface area contributed by atoms with E-state index in [9.17, 15) is 13.2 Å². The third-order valence-electron chi connectivity index (χ3n) is 3.64. The SMILES string of the molecule is CCOc1ccc(N(CC(=O)NN=C2CCCC2)S(C)(=O)=O)cc1. The van der Waals surface area contributed by atoms with Crippen LogP contribution in [-0.4, -0.2) is 39.4 Å².